The molecular formula is C25H29F2NO. The summed E-state index contributed by atoms with van der Waals surface area (Å²) in [6.07, 6.45) is 7.90. The van der Waals surface area contributed by atoms with Gasteiger partial charge in [0, 0.05) is 11.6 Å². The predicted molar refractivity (Wildman–Crippen MR) is 111 cm³/mol. The van der Waals surface area contributed by atoms with Gasteiger partial charge < -0.3 is 9.64 Å². The number of fused-ring (bicyclic) bond motifs is 2. The lowest BCUT2D eigenvalue weighted by atomic mass is 9.85. The number of nitrogens with zero attached hydrogens (tertiary/aromatic N) is 1. The zero-order valence-electron chi connectivity index (χ0n) is 17.0. The van der Waals surface area contributed by atoms with E-state index in [9.17, 15) is 8.78 Å². The second kappa shape index (κ2) is 7.71. The molecule has 4 heteroatoms. The molecule has 3 fully saturated rings. The average Bonchev–Trinajstić information content (AvgIpc) is 3.39. The zero-order chi connectivity index (χ0) is 20.0. The Morgan fingerprint density at radius 2 is 1.76 bits per heavy atom. The van der Waals surface area contributed by atoms with E-state index >= 15 is 0 Å². The van der Waals surface area contributed by atoms with Crippen LogP contribution >= 0.6 is 0 Å². The summed E-state index contributed by atoms with van der Waals surface area (Å²) in [7, 11) is 1.69. The molecule has 154 valence electrons. The molecule has 1 heterocycles. The average molecular weight is 398 g/mol. The number of likely N-dealkylation sites (tertiary alicyclic amines) is 1. The number of halogens is 2. The third-order valence-corrected chi connectivity index (χ3v) is 7.61. The third kappa shape index (κ3) is 3.56. The van der Waals surface area contributed by atoms with Crippen LogP contribution in [-0.4, -0.2) is 31.1 Å². The Hall–Kier alpha value is -1.94. The molecule has 2 bridgehead atoms. The summed E-state index contributed by atoms with van der Waals surface area (Å²) < 4.78 is 33.6. The lowest BCUT2D eigenvalue weighted by Crippen LogP contribution is -2.43. The minimum absolute atomic E-state index is 0.313. The SMILES string of the molecule is COc1ccc(-c2cc(F)ccc2F)cc1C1CCN([C@H]2C[C@H]3CC[C@H]2C3)CC1. The molecule has 2 saturated carbocycles. The molecule has 3 atom stereocenters. The highest BCUT2D eigenvalue weighted by Crippen LogP contribution is 2.48. The maximum Gasteiger partial charge on any atom is 0.131 e. The smallest absolute Gasteiger partial charge is 0.131 e. The molecule has 0 amide bonds. The molecule has 0 spiro atoms. The van der Waals surface area contributed by atoms with Gasteiger partial charge in [0.15, 0.2) is 0 Å². The van der Waals surface area contributed by atoms with Gasteiger partial charge in [-0.1, -0.05) is 12.5 Å². The first-order valence-corrected chi connectivity index (χ1v) is 11.0. The largest absolute Gasteiger partial charge is 0.496 e. The van der Waals surface area contributed by atoms with Crippen molar-refractivity contribution in [2.75, 3.05) is 20.2 Å². The number of piperidine rings is 1. The van der Waals surface area contributed by atoms with Crippen molar-refractivity contribution < 1.29 is 13.5 Å². The van der Waals surface area contributed by atoms with Crippen molar-refractivity contribution in [2.45, 2.75) is 50.5 Å². The highest BCUT2D eigenvalue weighted by atomic mass is 19.1. The first-order chi connectivity index (χ1) is 14.1. The molecule has 1 saturated heterocycles. The zero-order valence-corrected chi connectivity index (χ0v) is 17.0. The van der Waals surface area contributed by atoms with Gasteiger partial charge in [-0.05, 0) is 104 Å². The number of hydrogen-bond donors (Lipinski definition) is 0. The summed E-state index contributed by atoms with van der Waals surface area (Å²) in [4.78, 5) is 2.73. The molecule has 3 aliphatic rings. The summed E-state index contributed by atoms with van der Waals surface area (Å²) in [5, 5.41) is 0. The Balaban J connectivity index is 1.36. The molecule has 0 radical (unpaired) electrons. The van der Waals surface area contributed by atoms with Crippen molar-refractivity contribution in [1.29, 1.82) is 0 Å². The van der Waals surface area contributed by atoms with Gasteiger partial charge in [0.05, 0.1) is 7.11 Å². The van der Waals surface area contributed by atoms with E-state index in [-0.39, 0.29) is 0 Å². The van der Waals surface area contributed by atoms with Gasteiger partial charge >= 0.3 is 0 Å². The van der Waals surface area contributed by atoms with Crippen molar-refractivity contribution in [3.05, 3.63) is 53.6 Å². The van der Waals surface area contributed by atoms with E-state index in [4.69, 9.17) is 4.74 Å². The van der Waals surface area contributed by atoms with Crippen LogP contribution in [-0.2, 0) is 0 Å². The van der Waals surface area contributed by atoms with Crippen molar-refractivity contribution in [1.82, 2.24) is 4.90 Å². The number of benzene rings is 2. The number of ether oxygens (including phenoxy) is 1. The Bertz CT molecular complexity index is 890. The molecule has 29 heavy (non-hydrogen) atoms. The highest BCUT2D eigenvalue weighted by molar-refractivity contribution is 5.67. The minimum atomic E-state index is -0.419. The van der Waals surface area contributed by atoms with E-state index in [1.54, 1.807) is 7.11 Å². The Morgan fingerprint density at radius 1 is 0.931 bits per heavy atom. The predicted octanol–water partition coefficient (Wildman–Crippen LogP) is 6.01. The van der Waals surface area contributed by atoms with E-state index in [0.29, 0.717) is 17.0 Å². The monoisotopic (exact) mass is 397 g/mol. The van der Waals surface area contributed by atoms with E-state index in [2.05, 4.69) is 4.90 Å². The first-order valence-electron chi connectivity index (χ1n) is 11.0. The molecule has 2 aromatic rings. The molecular weight excluding hydrogens is 368 g/mol. The van der Waals surface area contributed by atoms with Gasteiger partial charge in [-0.15, -0.1) is 0 Å². The fraction of sp³-hybridized carbons (Fsp3) is 0.520. The van der Waals surface area contributed by atoms with Crippen LogP contribution in [0.15, 0.2) is 36.4 Å². The van der Waals surface area contributed by atoms with Crippen LogP contribution in [0.2, 0.25) is 0 Å². The number of rotatable bonds is 4. The summed E-state index contributed by atoms with van der Waals surface area (Å²) in [6.45, 7) is 2.25. The van der Waals surface area contributed by atoms with Crippen LogP contribution in [0.5, 0.6) is 5.75 Å². The fourth-order valence-electron chi connectivity index (χ4n) is 6.14. The molecule has 2 nitrogen and oxygen atoms in total. The molecule has 0 unspecified atom stereocenters. The minimum Gasteiger partial charge on any atom is -0.496 e. The van der Waals surface area contributed by atoms with Crippen molar-refractivity contribution in [3.63, 3.8) is 0 Å². The maximum atomic E-state index is 14.3. The first kappa shape index (κ1) is 19.0. The second-order valence-corrected chi connectivity index (χ2v) is 9.13. The van der Waals surface area contributed by atoms with Crippen molar-refractivity contribution >= 4 is 0 Å². The fourth-order valence-corrected chi connectivity index (χ4v) is 6.14. The van der Waals surface area contributed by atoms with Crippen LogP contribution in [0.3, 0.4) is 0 Å². The topological polar surface area (TPSA) is 12.5 Å². The normalized spacial score (nSPS) is 27.5. The summed E-state index contributed by atoms with van der Waals surface area (Å²) in [5.74, 6) is 2.33. The summed E-state index contributed by atoms with van der Waals surface area (Å²) in [6, 6.07) is 10.2. The van der Waals surface area contributed by atoms with Gasteiger partial charge in [-0.3, -0.25) is 0 Å². The van der Waals surface area contributed by atoms with E-state index in [1.807, 2.05) is 18.2 Å². The highest BCUT2D eigenvalue weighted by Gasteiger charge is 2.43. The van der Waals surface area contributed by atoms with Gasteiger partial charge in [0.2, 0.25) is 0 Å². The molecule has 0 N–H and O–H groups in total. The van der Waals surface area contributed by atoms with Crippen molar-refractivity contribution in [2.24, 2.45) is 11.8 Å². The molecule has 1 aliphatic heterocycles. The molecule has 5 rings (SSSR count). The van der Waals surface area contributed by atoms with Gasteiger partial charge in [-0.2, -0.15) is 0 Å². The molecule has 0 aromatic heterocycles. The standard InChI is InChI=1S/C25H29F2NO/c1-29-25-7-4-18(21-15-20(26)5-6-23(21)27)14-22(25)17-8-10-28(11-9-17)24-13-16-2-3-19(24)12-16/h4-7,14-17,19,24H,2-3,8-13H2,1H3/t16-,19-,24-/m0/s1. The van der Waals surface area contributed by atoms with E-state index in [0.717, 1.165) is 61.2 Å². The molecule has 2 aromatic carbocycles. The van der Waals surface area contributed by atoms with Crippen LogP contribution in [0.25, 0.3) is 11.1 Å². The van der Waals surface area contributed by atoms with Crippen LogP contribution in [0.1, 0.15) is 50.0 Å². The quantitative estimate of drug-likeness (QED) is 0.627. The van der Waals surface area contributed by atoms with Gasteiger partial charge in [0.25, 0.3) is 0 Å². The Morgan fingerprint density at radius 3 is 2.45 bits per heavy atom. The Labute approximate surface area is 171 Å². The Kier molecular flexibility index (Phi) is 5.07. The van der Waals surface area contributed by atoms with Crippen LogP contribution in [0.4, 0.5) is 8.78 Å². The maximum absolute atomic E-state index is 14.3. The number of methoxy groups -OCH3 is 1. The van der Waals surface area contributed by atoms with Gasteiger partial charge in [-0.25, -0.2) is 8.78 Å². The second-order valence-electron chi connectivity index (χ2n) is 9.13. The van der Waals surface area contributed by atoms with Crippen molar-refractivity contribution in [3.8, 4) is 16.9 Å². The lowest BCUT2D eigenvalue weighted by molar-refractivity contribution is 0.110. The summed E-state index contributed by atoms with van der Waals surface area (Å²) in [5.41, 5.74) is 2.16. The van der Waals surface area contributed by atoms with Crippen LogP contribution in [0, 0.1) is 23.5 Å². The third-order valence-electron chi connectivity index (χ3n) is 7.61. The lowest BCUT2D eigenvalue weighted by Gasteiger charge is -2.40. The summed E-state index contributed by atoms with van der Waals surface area (Å²) >= 11 is 0. The number of hydrogen-bond acceptors (Lipinski definition) is 2. The van der Waals surface area contributed by atoms with Crippen LogP contribution < -0.4 is 4.74 Å². The van der Waals surface area contributed by atoms with E-state index < -0.39 is 11.6 Å². The van der Waals surface area contributed by atoms with E-state index in [1.165, 1.54) is 37.8 Å². The van der Waals surface area contributed by atoms with Gasteiger partial charge in [0.1, 0.15) is 17.4 Å². The molecule has 2 aliphatic carbocycles.